The van der Waals surface area contributed by atoms with E-state index in [-0.39, 0.29) is 18.7 Å². The van der Waals surface area contributed by atoms with Crippen LogP contribution in [0.3, 0.4) is 0 Å². The number of unbranched alkanes of at least 4 members (excludes halogenated alkanes) is 2. The number of carbonyl (C=O) groups excluding carboxylic acids is 3. The number of hydrazine groups is 1. The lowest BCUT2D eigenvalue weighted by atomic mass is 10.2. The first kappa shape index (κ1) is 23.2. The summed E-state index contributed by atoms with van der Waals surface area (Å²) in [5, 5.41) is 3.05. The zero-order valence-corrected chi connectivity index (χ0v) is 17.6. The molecule has 3 amide bonds. The molecular formula is C22H26ClN3O4. The Labute approximate surface area is 181 Å². The number of ether oxygens (including phenoxy) is 1. The molecule has 0 heterocycles. The molecule has 0 bridgehead atoms. The Balaban J connectivity index is 1.77. The average Bonchev–Trinajstić information content (AvgIpc) is 2.75. The summed E-state index contributed by atoms with van der Waals surface area (Å²) in [6.07, 6.45) is 2.89. The number of halogens is 1. The Bertz CT molecular complexity index is 873. The Hall–Kier alpha value is -3.06. The third-order valence-corrected chi connectivity index (χ3v) is 4.51. The number of benzene rings is 2. The van der Waals surface area contributed by atoms with Crippen molar-refractivity contribution in [1.82, 2.24) is 10.9 Å². The molecule has 7 nitrogen and oxygen atoms in total. The van der Waals surface area contributed by atoms with Gasteiger partial charge < -0.3 is 10.1 Å². The third-order valence-electron chi connectivity index (χ3n) is 4.18. The number of rotatable bonds is 10. The van der Waals surface area contributed by atoms with Crippen molar-refractivity contribution in [3.63, 3.8) is 0 Å². The van der Waals surface area contributed by atoms with Gasteiger partial charge in [0.25, 0.3) is 5.91 Å². The minimum Gasteiger partial charge on any atom is -0.493 e. The van der Waals surface area contributed by atoms with Gasteiger partial charge in [0.15, 0.2) is 0 Å². The molecule has 0 saturated heterocycles. The van der Waals surface area contributed by atoms with Gasteiger partial charge in [-0.25, -0.2) is 0 Å². The maximum absolute atomic E-state index is 12.4. The van der Waals surface area contributed by atoms with Crippen molar-refractivity contribution in [3.05, 3.63) is 59.1 Å². The molecule has 0 aliphatic heterocycles. The van der Waals surface area contributed by atoms with E-state index in [2.05, 4.69) is 23.1 Å². The topological polar surface area (TPSA) is 96.5 Å². The summed E-state index contributed by atoms with van der Waals surface area (Å²) in [6, 6.07) is 13.6. The van der Waals surface area contributed by atoms with Crippen molar-refractivity contribution in [2.24, 2.45) is 0 Å². The maximum atomic E-state index is 12.4. The number of para-hydroxylation sites is 2. The van der Waals surface area contributed by atoms with Crippen molar-refractivity contribution in [2.75, 3.05) is 11.9 Å². The van der Waals surface area contributed by atoms with E-state index in [1.807, 2.05) is 0 Å². The van der Waals surface area contributed by atoms with Crippen LogP contribution in [0.5, 0.6) is 5.75 Å². The second-order valence-corrected chi connectivity index (χ2v) is 6.99. The van der Waals surface area contributed by atoms with Gasteiger partial charge in [0.05, 0.1) is 22.9 Å². The molecule has 0 aliphatic rings. The monoisotopic (exact) mass is 431 g/mol. The van der Waals surface area contributed by atoms with Gasteiger partial charge in [-0.1, -0.05) is 55.6 Å². The standard InChI is InChI=1S/C22H26ClN3O4/c1-2-3-8-15-30-19-12-7-4-9-16(19)22(29)26-25-21(28)14-13-20(27)24-18-11-6-5-10-17(18)23/h4-7,9-12H,2-3,8,13-15H2,1H3,(H,24,27)(H,25,28)(H,26,29). The molecule has 0 atom stereocenters. The first-order valence-corrected chi connectivity index (χ1v) is 10.2. The van der Waals surface area contributed by atoms with E-state index in [1.54, 1.807) is 48.5 Å². The molecule has 0 saturated carbocycles. The molecule has 3 N–H and O–H groups in total. The minimum absolute atomic E-state index is 0.0515. The van der Waals surface area contributed by atoms with Gasteiger partial charge in [0, 0.05) is 12.8 Å². The molecule has 0 radical (unpaired) electrons. The maximum Gasteiger partial charge on any atom is 0.273 e. The van der Waals surface area contributed by atoms with Crippen LogP contribution in [0.4, 0.5) is 5.69 Å². The number of anilines is 1. The normalized spacial score (nSPS) is 10.2. The SMILES string of the molecule is CCCCCOc1ccccc1C(=O)NNC(=O)CCC(=O)Nc1ccccc1Cl. The Morgan fingerprint density at radius 3 is 2.37 bits per heavy atom. The molecule has 0 aromatic heterocycles. The fraction of sp³-hybridized carbons (Fsp3) is 0.318. The van der Waals surface area contributed by atoms with Gasteiger partial charge >= 0.3 is 0 Å². The molecule has 0 unspecified atom stereocenters. The first-order valence-electron chi connectivity index (χ1n) is 9.86. The molecule has 8 heteroatoms. The van der Waals surface area contributed by atoms with Crippen LogP contribution in [0.1, 0.15) is 49.4 Å². The highest BCUT2D eigenvalue weighted by atomic mass is 35.5. The summed E-state index contributed by atoms with van der Waals surface area (Å²) >= 11 is 5.98. The van der Waals surface area contributed by atoms with Crippen LogP contribution in [0, 0.1) is 0 Å². The van der Waals surface area contributed by atoms with E-state index < -0.39 is 11.8 Å². The molecule has 0 aliphatic carbocycles. The van der Waals surface area contributed by atoms with Crippen LogP contribution in [0.2, 0.25) is 5.02 Å². The van der Waals surface area contributed by atoms with E-state index in [9.17, 15) is 14.4 Å². The van der Waals surface area contributed by atoms with Crippen LogP contribution in [-0.4, -0.2) is 24.3 Å². The summed E-state index contributed by atoms with van der Waals surface area (Å²) in [5.74, 6) is -0.871. The smallest absolute Gasteiger partial charge is 0.273 e. The number of carbonyl (C=O) groups is 3. The quantitative estimate of drug-likeness (QED) is 0.390. The van der Waals surface area contributed by atoms with Gasteiger partial charge in [-0.05, 0) is 30.7 Å². The Morgan fingerprint density at radius 2 is 1.60 bits per heavy atom. The van der Waals surface area contributed by atoms with E-state index in [0.29, 0.717) is 28.6 Å². The van der Waals surface area contributed by atoms with Crippen molar-refractivity contribution in [1.29, 1.82) is 0 Å². The van der Waals surface area contributed by atoms with Crippen molar-refractivity contribution < 1.29 is 19.1 Å². The van der Waals surface area contributed by atoms with Gasteiger partial charge in [0.1, 0.15) is 5.75 Å². The molecule has 2 aromatic rings. The second kappa shape index (κ2) is 12.5. The van der Waals surface area contributed by atoms with Crippen LogP contribution in [-0.2, 0) is 9.59 Å². The summed E-state index contributed by atoms with van der Waals surface area (Å²) in [6.45, 7) is 2.62. The predicted molar refractivity (Wildman–Crippen MR) is 116 cm³/mol. The van der Waals surface area contributed by atoms with Crippen LogP contribution in [0.15, 0.2) is 48.5 Å². The molecule has 2 aromatic carbocycles. The summed E-state index contributed by atoms with van der Waals surface area (Å²) in [4.78, 5) is 36.3. The fourth-order valence-corrected chi connectivity index (χ4v) is 2.76. The molecule has 160 valence electrons. The van der Waals surface area contributed by atoms with Crippen molar-refractivity contribution in [3.8, 4) is 5.75 Å². The van der Waals surface area contributed by atoms with E-state index in [4.69, 9.17) is 16.3 Å². The van der Waals surface area contributed by atoms with Crippen molar-refractivity contribution >= 4 is 35.0 Å². The second-order valence-electron chi connectivity index (χ2n) is 6.58. The van der Waals surface area contributed by atoms with Gasteiger partial charge in [-0.3, -0.25) is 25.2 Å². The lowest BCUT2D eigenvalue weighted by Gasteiger charge is -2.12. The lowest BCUT2D eigenvalue weighted by Crippen LogP contribution is -2.42. The van der Waals surface area contributed by atoms with Gasteiger partial charge in [-0.15, -0.1) is 0 Å². The molecule has 0 spiro atoms. The van der Waals surface area contributed by atoms with Crippen molar-refractivity contribution in [2.45, 2.75) is 39.0 Å². The largest absolute Gasteiger partial charge is 0.493 e. The van der Waals surface area contributed by atoms with Crippen LogP contribution >= 0.6 is 11.6 Å². The number of nitrogens with one attached hydrogen (secondary N) is 3. The summed E-state index contributed by atoms with van der Waals surface area (Å²) in [7, 11) is 0. The lowest BCUT2D eigenvalue weighted by molar-refractivity contribution is -0.124. The number of hydrogen-bond donors (Lipinski definition) is 3. The molecule has 30 heavy (non-hydrogen) atoms. The first-order chi connectivity index (χ1) is 14.5. The zero-order chi connectivity index (χ0) is 21.8. The van der Waals surface area contributed by atoms with Gasteiger partial charge in [-0.2, -0.15) is 0 Å². The third kappa shape index (κ3) is 7.75. The van der Waals surface area contributed by atoms with Crippen LogP contribution in [0.25, 0.3) is 0 Å². The van der Waals surface area contributed by atoms with E-state index in [1.165, 1.54) is 0 Å². The molecule has 2 rings (SSSR count). The zero-order valence-electron chi connectivity index (χ0n) is 16.9. The number of hydrogen-bond acceptors (Lipinski definition) is 4. The number of amides is 3. The predicted octanol–water partition coefficient (Wildman–Crippen LogP) is 4.09. The van der Waals surface area contributed by atoms with Crippen LogP contribution < -0.4 is 20.9 Å². The average molecular weight is 432 g/mol. The molecule has 0 fully saturated rings. The van der Waals surface area contributed by atoms with E-state index >= 15 is 0 Å². The minimum atomic E-state index is -0.491. The highest BCUT2D eigenvalue weighted by molar-refractivity contribution is 6.33. The Morgan fingerprint density at radius 1 is 0.900 bits per heavy atom. The Kier molecular flexibility index (Phi) is 9.67. The highest BCUT2D eigenvalue weighted by Gasteiger charge is 2.14. The van der Waals surface area contributed by atoms with E-state index in [0.717, 1.165) is 19.3 Å². The summed E-state index contributed by atoms with van der Waals surface area (Å²) < 4.78 is 5.68. The van der Waals surface area contributed by atoms with Gasteiger partial charge in [0.2, 0.25) is 11.8 Å². The molecular weight excluding hydrogens is 406 g/mol. The summed E-state index contributed by atoms with van der Waals surface area (Å²) in [5.41, 5.74) is 5.47. The highest BCUT2D eigenvalue weighted by Crippen LogP contribution is 2.20. The fourth-order valence-electron chi connectivity index (χ4n) is 2.57.